The van der Waals surface area contributed by atoms with Crippen molar-refractivity contribution in [2.24, 2.45) is 0 Å². The second-order valence-corrected chi connectivity index (χ2v) is 9.66. The number of fused-ring (bicyclic) bond motifs is 1. The van der Waals surface area contributed by atoms with E-state index in [2.05, 4.69) is 5.32 Å². The Morgan fingerprint density at radius 1 is 1.10 bits per heavy atom. The normalized spacial score (nSPS) is 19.4. The van der Waals surface area contributed by atoms with E-state index in [1.54, 1.807) is 23.1 Å². The summed E-state index contributed by atoms with van der Waals surface area (Å²) in [5, 5.41) is 2.72. The molecule has 0 aromatic heterocycles. The predicted molar refractivity (Wildman–Crippen MR) is 116 cm³/mol. The van der Waals surface area contributed by atoms with Crippen LogP contribution in [0.5, 0.6) is 5.75 Å². The van der Waals surface area contributed by atoms with E-state index < -0.39 is 16.1 Å². The van der Waals surface area contributed by atoms with Gasteiger partial charge in [0.15, 0.2) is 6.10 Å². The quantitative estimate of drug-likeness (QED) is 0.782. The summed E-state index contributed by atoms with van der Waals surface area (Å²) in [5.41, 5.74) is 2.02. The van der Waals surface area contributed by atoms with Gasteiger partial charge in [0.2, 0.25) is 10.0 Å². The van der Waals surface area contributed by atoms with Gasteiger partial charge in [0.25, 0.3) is 11.8 Å². The lowest BCUT2D eigenvalue weighted by Crippen LogP contribution is -2.50. The van der Waals surface area contributed by atoms with Gasteiger partial charge < -0.3 is 15.0 Å². The van der Waals surface area contributed by atoms with Crippen LogP contribution in [-0.2, 0) is 14.8 Å². The van der Waals surface area contributed by atoms with Crippen molar-refractivity contribution in [1.82, 2.24) is 9.21 Å². The Balaban J connectivity index is 1.46. The Hall–Kier alpha value is -2.91. The molecule has 0 bridgehead atoms. The number of aryl methyl sites for hydroxylation is 1. The zero-order valence-corrected chi connectivity index (χ0v) is 18.3. The molecule has 1 fully saturated rings. The summed E-state index contributed by atoms with van der Waals surface area (Å²) in [6, 6.07) is 11.8. The molecule has 2 aromatic rings. The van der Waals surface area contributed by atoms with E-state index in [-0.39, 0.29) is 29.8 Å². The lowest BCUT2D eigenvalue weighted by molar-refractivity contribution is -0.123. The van der Waals surface area contributed by atoms with Gasteiger partial charge in [0.1, 0.15) is 5.75 Å². The number of ether oxygens (including phenoxy) is 1. The lowest BCUT2D eigenvalue weighted by Gasteiger charge is -2.34. The van der Waals surface area contributed by atoms with E-state index in [0.29, 0.717) is 36.5 Å². The third kappa shape index (κ3) is 4.15. The van der Waals surface area contributed by atoms with Crippen LogP contribution in [0.15, 0.2) is 47.4 Å². The average molecular weight is 444 g/mol. The van der Waals surface area contributed by atoms with Gasteiger partial charge in [-0.1, -0.05) is 24.6 Å². The second-order valence-electron chi connectivity index (χ2n) is 7.72. The van der Waals surface area contributed by atoms with Crippen LogP contribution in [0.2, 0.25) is 0 Å². The van der Waals surface area contributed by atoms with Gasteiger partial charge in [-0.3, -0.25) is 9.59 Å². The zero-order valence-electron chi connectivity index (χ0n) is 17.5. The maximum Gasteiger partial charge on any atom is 0.265 e. The number of piperazine rings is 1. The summed E-state index contributed by atoms with van der Waals surface area (Å²) in [7, 11) is -3.76. The third-order valence-electron chi connectivity index (χ3n) is 5.60. The molecule has 2 aliphatic heterocycles. The highest BCUT2D eigenvalue weighted by molar-refractivity contribution is 7.89. The SMILES string of the molecule is CCC1Oc2ccc(S(=O)(=O)N3CCN(C(=O)c4ccc(C)cc4)CC3)cc2NC1=O. The van der Waals surface area contributed by atoms with Crippen LogP contribution in [0.3, 0.4) is 0 Å². The molecule has 2 heterocycles. The number of amides is 2. The zero-order chi connectivity index (χ0) is 22.2. The fourth-order valence-electron chi connectivity index (χ4n) is 3.72. The van der Waals surface area contributed by atoms with Crippen LogP contribution < -0.4 is 10.1 Å². The summed E-state index contributed by atoms with van der Waals surface area (Å²) in [5.74, 6) is 0.0721. The Labute approximate surface area is 181 Å². The van der Waals surface area contributed by atoms with E-state index in [1.807, 2.05) is 26.0 Å². The first kappa shape index (κ1) is 21.3. The van der Waals surface area contributed by atoms with Crippen molar-refractivity contribution >= 4 is 27.5 Å². The van der Waals surface area contributed by atoms with E-state index in [9.17, 15) is 18.0 Å². The number of rotatable bonds is 4. The number of hydrogen-bond acceptors (Lipinski definition) is 5. The highest BCUT2D eigenvalue weighted by Gasteiger charge is 2.32. The largest absolute Gasteiger partial charge is 0.478 e. The molecule has 0 radical (unpaired) electrons. The summed E-state index contributed by atoms with van der Waals surface area (Å²) < 4.78 is 33.3. The summed E-state index contributed by atoms with van der Waals surface area (Å²) in [6.07, 6.45) is -0.0502. The highest BCUT2D eigenvalue weighted by atomic mass is 32.2. The van der Waals surface area contributed by atoms with E-state index in [4.69, 9.17) is 4.74 Å². The van der Waals surface area contributed by atoms with Gasteiger partial charge in [-0.05, 0) is 43.7 Å². The fraction of sp³-hybridized carbons (Fsp3) is 0.364. The van der Waals surface area contributed by atoms with Gasteiger partial charge in [0, 0.05) is 31.7 Å². The van der Waals surface area contributed by atoms with Gasteiger partial charge in [-0.15, -0.1) is 0 Å². The summed E-state index contributed by atoms with van der Waals surface area (Å²) in [4.78, 5) is 26.5. The number of carbonyl (C=O) groups is 2. The Morgan fingerprint density at radius 3 is 2.42 bits per heavy atom. The maximum atomic E-state index is 13.1. The van der Waals surface area contributed by atoms with E-state index in [1.165, 1.54) is 16.4 Å². The molecule has 1 unspecified atom stereocenters. The number of nitrogens with zero attached hydrogens (tertiary/aromatic N) is 2. The van der Waals surface area contributed by atoms with E-state index >= 15 is 0 Å². The molecule has 2 amide bonds. The molecule has 2 aromatic carbocycles. The number of nitrogens with one attached hydrogen (secondary N) is 1. The Bertz CT molecular complexity index is 1110. The first-order valence-electron chi connectivity index (χ1n) is 10.3. The molecule has 0 spiro atoms. The van der Waals surface area contributed by atoms with Gasteiger partial charge >= 0.3 is 0 Å². The average Bonchev–Trinajstić information content (AvgIpc) is 2.78. The third-order valence-corrected chi connectivity index (χ3v) is 7.50. The molecule has 1 atom stereocenters. The number of anilines is 1. The molecule has 31 heavy (non-hydrogen) atoms. The van der Waals surface area contributed by atoms with Crippen molar-refractivity contribution in [3.05, 3.63) is 53.6 Å². The molecular formula is C22H25N3O5S. The van der Waals surface area contributed by atoms with Crippen LogP contribution in [0, 0.1) is 6.92 Å². The second kappa shape index (κ2) is 8.32. The summed E-state index contributed by atoms with van der Waals surface area (Å²) in [6.45, 7) is 4.84. The van der Waals surface area contributed by atoms with Crippen molar-refractivity contribution < 1.29 is 22.7 Å². The van der Waals surface area contributed by atoms with Crippen molar-refractivity contribution in [1.29, 1.82) is 0 Å². The molecule has 2 aliphatic rings. The summed E-state index contributed by atoms with van der Waals surface area (Å²) >= 11 is 0. The molecular weight excluding hydrogens is 418 g/mol. The maximum absolute atomic E-state index is 13.1. The van der Waals surface area contributed by atoms with Gasteiger partial charge in [-0.2, -0.15) is 4.31 Å². The molecule has 9 heteroatoms. The smallest absolute Gasteiger partial charge is 0.265 e. The van der Waals surface area contributed by atoms with Crippen LogP contribution in [0.25, 0.3) is 0 Å². The minimum absolute atomic E-state index is 0.0865. The number of benzene rings is 2. The molecule has 4 rings (SSSR count). The molecule has 0 aliphatic carbocycles. The number of hydrogen-bond donors (Lipinski definition) is 1. The number of sulfonamides is 1. The Kier molecular flexibility index (Phi) is 5.72. The highest BCUT2D eigenvalue weighted by Crippen LogP contribution is 2.33. The van der Waals surface area contributed by atoms with Crippen molar-refractivity contribution in [3.63, 3.8) is 0 Å². The molecule has 164 valence electrons. The standard InChI is InChI=1S/C22H25N3O5S/c1-3-19-21(26)23-18-14-17(8-9-20(18)30-19)31(28,29)25-12-10-24(11-13-25)22(27)16-6-4-15(2)5-7-16/h4-9,14,19H,3,10-13H2,1-2H3,(H,23,26). The molecule has 0 saturated carbocycles. The van der Waals surface area contributed by atoms with Crippen LogP contribution in [0.1, 0.15) is 29.3 Å². The van der Waals surface area contributed by atoms with Crippen molar-refractivity contribution in [2.45, 2.75) is 31.3 Å². The monoisotopic (exact) mass is 443 g/mol. The van der Waals surface area contributed by atoms with Gasteiger partial charge in [-0.25, -0.2) is 8.42 Å². The van der Waals surface area contributed by atoms with Crippen LogP contribution in [-0.4, -0.2) is 61.7 Å². The van der Waals surface area contributed by atoms with Crippen LogP contribution >= 0.6 is 0 Å². The molecule has 1 N–H and O–H groups in total. The fourth-order valence-corrected chi connectivity index (χ4v) is 5.17. The number of carbonyl (C=O) groups excluding carboxylic acids is 2. The predicted octanol–water partition coefficient (Wildman–Crippen LogP) is 2.25. The van der Waals surface area contributed by atoms with Crippen LogP contribution in [0.4, 0.5) is 5.69 Å². The molecule has 8 nitrogen and oxygen atoms in total. The Morgan fingerprint density at radius 2 is 1.77 bits per heavy atom. The first-order valence-corrected chi connectivity index (χ1v) is 11.7. The van der Waals surface area contributed by atoms with E-state index in [0.717, 1.165) is 5.56 Å². The topological polar surface area (TPSA) is 96.0 Å². The van der Waals surface area contributed by atoms with Crippen molar-refractivity contribution in [2.75, 3.05) is 31.5 Å². The minimum atomic E-state index is -3.76. The lowest BCUT2D eigenvalue weighted by atomic mass is 10.1. The molecule has 1 saturated heterocycles. The minimum Gasteiger partial charge on any atom is -0.478 e. The van der Waals surface area contributed by atoms with Crippen molar-refractivity contribution in [3.8, 4) is 5.75 Å². The first-order chi connectivity index (χ1) is 14.8. The van der Waals surface area contributed by atoms with Gasteiger partial charge in [0.05, 0.1) is 10.6 Å².